The molecule has 0 radical (unpaired) electrons. The van der Waals surface area contributed by atoms with Crippen molar-refractivity contribution in [3.8, 4) is 22.8 Å². The molecule has 0 aliphatic heterocycles. The van der Waals surface area contributed by atoms with Gasteiger partial charge in [0.1, 0.15) is 18.9 Å². The summed E-state index contributed by atoms with van der Waals surface area (Å²) in [5, 5.41) is 5.67. The number of fused-ring (bicyclic) bond motifs is 5. The van der Waals surface area contributed by atoms with Crippen LogP contribution in [0.5, 0.6) is 11.5 Å². The molecule has 1 aliphatic rings. The van der Waals surface area contributed by atoms with Crippen molar-refractivity contribution in [2.24, 2.45) is 5.16 Å². The van der Waals surface area contributed by atoms with Crippen LogP contribution in [0.1, 0.15) is 16.7 Å². The van der Waals surface area contributed by atoms with Gasteiger partial charge in [-0.1, -0.05) is 59.8 Å². The van der Waals surface area contributed by atoms with Crippen LogP contribution in [0.3, 0.4) is 0 Å². The molecule has 0 N–H and O–H groups in total. The highest BCUT2D eigenvalue weighted by Crippen LogP contribution is 2.46. The van der Waals surface area contributed by atoms with Gasteiger partial charge in [-0.2, -0.15) is 4.73 Å². The van der Waals surface area contributed by atoms with Crippen LogP contribution in [-0.2, 0) is 4.84 Å². The number of methoxy groups -OCH3 is 2. The van der Waals surface area contributed by atoms with Gasteiger partial charge in [-0.25, -0.2) is 0 Å². The molecule has 0 saturated carbocycles. The molecular weight excluding hydrogens is 502 g/mol. The first kappa shape index (κ1) is 27.1. The Hall–Kier alpha value is -3.94. The van der Waals surface area contributed by atoms with Crippen molar-refractivity contribution < 1.29 is 19.1 Å². The minimum atomic E-state index is 0. The van der Waals surface area contributed by atoms with Gasteiger partial charge >= 0.3 is 0 Å². The molecule has 1 aliphatic carbocycles. The molecule has 0 saturated heterocycles. The fourth-order valence-corrected chi connectivity index (χ4v) is 4.54. The normalized spacial score (nSPS) is 13.0. The van der Waals surface area contributed by atoms with Crippen LogP contribution in [0.2, 0.25) is 0 Å². The lowest BCUT2D eigenvalue weighted by molar-refractivity contribution is 0.109. The van der Waals surface area contributed by atoms with E-state index in [4.69, 9.17) is 19.1 Å². The van der Waals surface area contributed by atoms with Crippen molar-refractivity contribution >= 4 is 35.1 Å². The summed E-state index contributed by atoms with van der Waals surface area (Å²) < 4.78 is 13.2. The number of rotatable bonds is 10. The zero-order valence-corrected chi connectivity index (χ0v) is 22.8. The smallest absolute Gasteiger partial charge is 0.161 e. The molecule has 0 atom stereocenters. The van der Waals surface area contributed by atoms with Gasteiger partial charge < -0.3 is 24.0 Å². The molecule has 0 unspecified atom stereocenters. The highest BCUT2D eigenvalue weighted by molar-refractivity contribution is 6.30. The number of halogens is 1. The van der Waals surface area contributed by atoms with Gasteiger partial charge in [0, 0.05) is 28.6 Å². The highest BCUT2D eigenvalue weighted by Gasteiger charge is 2.35. The van der Waals surface area contributed by atoms with Gasteiger partial charge in [0.25, 0.3) is 0 Å². The van der Waals surface area contributed by atoms with Gasteiger partial charge in [-0.05, 0) is 43.9 Å². The van der Waals surface area contributed by atoms with Crippen LogP contribution in [0.15, 0.2) is 78.0 Å². The third-order valence-corrected chi connectivity index (χ3v) is 6.30. The second kappa shape index (κ2) is 12.1. The fourth-order valence-electron chi connectivity index (χ4n) is 4.54. The zero-order chi connectivity index (χ0) is 25.8. The molecule has 4 aromatic rings. The van der Waals surface area contributed by atoms with E-state index in [1.807, 2.05) is 85.6 Å². The summed E-state index contributed by atoms with van der Waals surface area (Å²) in [6.45, 7) is 1.67. The number of hydrogen-bond donors (Lipinski definition) is 0. The second-order valence-corrected chi connectivity index (χ2v) is 8.97. The van der Waals surface area contributed by atoms with Crippen LogP contribution in [0.25, 0.3) is 28.2 Å². The molecule has 0 spiro atoms. The van der Waals surface area contributed by atoms with Crippen LogP contribution in [-0.4, -0.2) is 63.4 Å². The number of likely N-dealkylation sites (N-methyl/N-ethyl adjacent to an activating group) is 1. The third-order valence-electron chi connectivity index (χ3n) is 6.30. The van der Waals surface area contributed by atoms with Gasteiger partial charge in [0.05, 0.1) is 25.4 Å². The van der Waals surface area contributed by atoms with E-state index >= 15 is 0 Å². The van der Waals surface area contributed by atoms with Crippen molar-refractivity contribution in [3.63, 3.8) is 0 Å². The summed E-state index contributed by atoms with van der Waals surface area (Å²) in [6, 6.07) is 22.2. The maximum Gasteiger partial charge on any atom is 0.161 e. The predicted octanol–water partition coefficient (Wildman–Crippen LogP) is 5.53. The van der Waals surface area contributed by atoms with E-state index in [1.54, 1.807) is 14.2 Å². The first-order valence-corrected chi connectivity index (χ1v) is 12.2. The number of para-hydroxylation sites is 1. The molecular formula is C30H32ClN3O4. The van der Waals surface area contributed by atoms with Crippen molar-refractivity contribution in [2.75, 3.05) is 48.1 Å². The van der Waals surface area contributed by atoms with E-state index in [9.17, 15) is 0 Å². The first-order valence-electron chi connectivity index (χ1n) is 12.2. The number of aromatic nitrogens is 1. The Morgan fingerprint density at radius 1 is 0.895 bits per heavy atom. The van der Waals surface area contributed by atoms with Gasteiger partial charge in [0.2, 0.25) is 0 Å². The quantitative estimate of drug-likeness (QED) is 0.174. The van der Waals surface area contributed by atoms with Crippen molar-refractivity contribution in [1.82, 2.24) is 9.63 Å². The predicted molar refractivity (Wildman–Crippen MR) is 155 cm³/mol. The summed E-state index contributed by atoms with van der Waals surface area (Å²) >= 11 is 0. The SMILES string of the molecule is COc1cc2c(cc1OC)-c1c(c3ccccc3n1OCCN(C)C)/C2=N\OCC=Cc1ccccc1.Cl. The average molecular weight is 534 g/mol. The van der Waals surface area contributed by atoms with Crippen molar-refractivity contribution in [3.05, 3.63) is 89.5 Å². The monoisotopic (exact) mass is 533 g/mol. The Kier molecular flexibility index (Phi) is 8.61. The van der Waals surface area contributed by atoms with Crippen LogP contribution >= 0.6 is 12.4 Å². The number of hydrogen-bond acceptors (Lipinski definition) is 6. The molecule has 8 heteroatoms. The summed E-state index contributed by atoms with van der Waals surface area (Å²) in [6.07, 6.45) is 3.98. The van der Waals surface area contributed by atoms with E-state index in [2.05, 4.69) is 22.2 Å². The van der Waals surface area contributed by atoms with E-state index in [-0.39, 0.29) is 12.4 Å². The first-order chi connectivity index (χ1) is 18.1. The Morgan fingerprint density at radius 2 is 1.58 bits per heavy atom. The van der Waals surface area contributed by atoms with E-state index in [1.165, 1.54) is 0 Å². The van der Waals surface area contributed by atoms with Gasteiger partial charge in [-0.15, -0.1) is 12.4 Å². The maximum atomic E-state index is 6.34. The van der Waals surface area contributed by atoms with E-state index in [0.29, 0.717) is 24.7 Å². The Labute approximate surface area is 229 Å². The molecule has 198 valence electrons. The third kappa shape index (κ3) is 5.21. The minimum Gasteiger partial charge on any atom is -0.493 e. The Morgan fingerprint density at radius 3 is 2.29 bits per heavy atom. The lowest BCUT2D eigenvalue weighted by Crippen LogP contribution is -2.24. The molecule has 1 heterocycles. The van der Waals surface area contributed by atoms with Crippen molar-refractivity contribution in [1.29, 1.82) is 0 Å². The molecule has 0 fully saturated rings. The fraction of sp³-hybridized carbons (Fsp3) is 0.233. The lowest BCUT2D eigenvalue weighted by Gasteiger charge is -2.16. The number of benzene rings is 3. The van der Waals surface area contributed by atoms with Crippen molar-refractivity contribution in [2.45, 2.75) is 0 Å². The second-order valence-electron chi connectivity index (χ2n) is 8.97. The minimum absolute atomic E-state index is 0. The molecule has 5 rings (SSSR count). The summed E-state index contributed by atoms with van der Waals surface area (Å²) in [5.74, 6) is 1.28. The Balaban J connectivity index is 0.00000336. The van der Waals surface area contributed by atoms with Crippen LogP contribution in [0, 0.1) is 0 Å². The molecule has 7 nitrogen and oxygen atoms in total. The zero-order valence-electron chi connectivity index (χ0n) is 22.0. The highest BCUT2D eigenvalue weighted by atomic mass is 35.5. The Bertz CT molecular complexity index is 1460. The van der Waals surface area contributed by atoms with Gasteiger partial charge in [-0.3, -0.25) is 0 Å². The largest absolute Gasteiger partial charge is 0.493 e. The topological polar surface area (TPSA) is 57.5 Å². The molecule has 38 heavy (non-hydrogen) atoms. The molecule has 3 aromatic carbocycles. The lowest BCUT2D eigenvalue weighted by atomic mass is 10.1. The van der Waals surface area contributed by atoms with Crippen LogP contribution in [0.4, 0.5) is 0 Å². The van der Waals surface area contributed by atoms with E-state index < -0.39 is 0 Å². The molecule has 0 amide bonds. The van der Waals surface area contributed by atoms with E-state index in [0.717, 1.165) is 51.1 Å². The maximum absolute atomic E-state index is 6.34. The molecule has 1 aromatic heterocycles. The summed E-state index contributed by atoms with van der Waals surface area (Å²) in [5.41, 5.74) is 6.59. The van der Waals surface area contributed by atoms with Gasteiger partial charge in [0.15, 0.2) is 11.5 Å². The standard InChI is InChI=1S/C30H31N3O4.ClH/c1-32(2)16-18-37-33-25-15-9-8-14-22(25)28-29(31-36-17-10-13-21-11-6-5-7-12-21)23-19-26(34-3)27(35-4)20-24(23)30(28)33;/h5-15,19-20H,16-18H2,1-4H3;1H/b13-10?,31-29-;. The van der Waals surface area contributed by atoms with Crippen LogP contribution < -0.4 is 14.3 Å². The summed E-state index contributed by atoms with van der Waals surface area (Å²) in [4.78, 5) is 14.3. The average Bonchev–Trinajstić information content (AvgIpc) is 3.40. The number of oxime groups is 1. The molecule has 0 bridgehead atoms. The number of nitrogens with zero attached hydrogens (tertiary/aromatic N) is 3. The number of ether oxygens (including phenoxy) is 2. The summed E-state index contributed by atoms with van der Waals surface area (Å²) in [7, 11) is 7.33.